The third-order valence-electron chi connectivity index (χ3n) is 2.01. The Kier molecular flexibility index (Phi) is 4.16. The number of aliphatic imine (C=N–C) groups is 1. The van der Waals surface area contributed by atoms with Crippen molar-refractivity contribution in [3.63, 3.8) is 0 Å². The van der Waals surface area contributed by atoms with Crippen molar-refractivity contribution in [2.45, 2.75) is 13.3 Å². The molecule has 0 N–H and O–H groups in total. The van der Waals surface area contributed by atoms with Crippen LogP contribution in [0.4, 0.5) is 8.78 Å². The second kappa shape index (κ2) is 5.39. The molecule has 0 saturated carbocycles. The normalized spacial score (nSPS) is 12.7. The molecule has 0 amide bonds. The van der Waals surface area contributed by atoms with Crippen molar-refractivity contribution < 1.29 is 8.78 Å². The summed E-state index contributed by atoms with van der Waals surface area (Å²) in [6.07, 6.45) is 0.459. The molecule has 3 heteroatoms. The van der Waals surface area contributed by atoms with Crippen LogP contribution in [0.3, 0.4) is 0 Å². The molecule has 1 aromatic carbocycles. The van der Waals surface area contributed by atoms with Gasteiger partial charge in [-0.2, -0.15) is 0 Å². The lowest BCUT2D eigenvalue weighted by atomic mass is 10.1. The Bertz CT molecular complexity index is 364. The predicted octanol–water partition coefficient (Wildman–Crippen LogP) is 3.34. The van der Waals surface area contributed by atoms with Crippen LogP contribution in [-0.2, 0) is 0 Å². The average Bonchev–Trinajstić information content (AvgIpc) is 2.21. The van der Waals surface area contributed by atoms with Crippen LogP contribution in [0.5, 0.6) is 0 Å². The Balaban J connectivity index is 2.77. The van der Waals surface area contributed by atoms with Gasteiger partial charge < -0.3 is 0 Å². The van der Waals surface area contributed by atoms with Gasteiger partial charge in [-0.25, -0.2) is 8.78 Å². The van der Waals surface area contributed by atoms with Crippen molar-refractivity contribution in [1.29, 1.82) is 0 Å². The lowest BCUT2D eigenvalue weighted by molar-refractivity contribution is 0.227. The maximum absolute atomic E-state index is 12.3. The molecule has 1 nitrogen and oxygen atoms in total. The molecule has 0 fully saturated rings. The van der Waals surface area contributed by atoms with E-state index in [4.69, 9.17) is 0 Å². The number of aryl methyl sites for hydroxylation is 1. The zero-order valence-electron chi connectivity index (χ0n) is 8.74. The van der Waals surface area contributed by atoms with Crippen molar-refractivity contribution in [2.75, 3.05) is 7.05 Å². The minimum Gasteiger partial charge on any atom is -0.287 e. The van der Waals surface area contributed by atoms with E-state index >= 15 is 0 Å². The first kappa shape index (κ1) is 11.6. The van der Waals surface area contributed by atoms with E-state index < -0.39 is 6.43 Å². The molecule has 0 saturated heterocycles. The molecule has 0 aliphatic heterocycles. The fourth-order valence-electron chi connectivity index (χ4n) is 1.10. The van der Waals surface area contributed by atoms with Gasteiger partial charge in [0, 0.05) is 7.05 Å². The highest BCUT2D eigenvalue weighted by molar-refractivity contribution is 6.00. The number of halogens is 2. The first-order valence-corrected chi connectivity index (χ1v) is 4.63. The molecule has 0 atom stereocenters. The van der Waals surface area contributed by atoms with Gasteiger partial charge in [-0.3, -0.25) is 4.99 Å². The molecule has 0 aliphatic rings. The molecule has 0 radical (unpaired) electrons. The van der Waals surface area contributed by atoms with Gasteiger partial charge in [-0.1, -0.05) is 35.9 Å². The Morgan fingerprint density at radius 1 is 1.27 bits per heavy atom. The Labute approximate surface area is 88.2 Å². The van der Waals surface area contributed by atoms with Crippen molar-refractivity contribution in [2.24, 2.45) is 4.99 Å². The van der Waals surface area contributed by atoms with Gasteiger partial charge in [0.2, 0.25) is 0 Å². The highest BCUT2D eigenvalue weighted by Crippen LogP contribution is 2.06. The van der Waals surface area contributed by atoms with E-state index in [2.05, 4.69) is 4.99 Å². The minimum absolute atomic E-state index is 0.199. The van der Waals surface area contributed by atoms with Crippen LogP contribution in [0, 0.1) is 6.92 Å². The van der Waals surface area contributed by atoms with Gasteiger partial charge in [0.05, 0.1) is 0 Å². The van der Waals surface area contributed by atoms with E-state index in [9.17, 15) is 8.78 Å². The summed E-state index contributed by atoms with van der Waals surface area (Å²) in [6, 6.07) is 7.63. The van der Waals surface area contributed by atoms with Crippen LogP contribution >= 0.6 is 0 Å². The van der Waals surface area contributed by atoms with Crippen LogP contribution in [0.2, 0.25) is 0 Å². The summed E-state index contributed by atoms with van der Waals surface area (Å²) in [4.78, 5) is 3.50. The molecule has 0 aliphatic carbocycles. The molecule has 0 spiro atoms. The number of allylic oxidation sites excluding steroid dienone is 1. The van der Waals surface area contributed by atoms with E-state index in [-0.39, 0.29) is 5.71 Å². The fraction of sp³-hybridized carbons (Fsp3) is 0.250. The minimum atomic E-state index is -2.52. The highest BCUT2D eigenvalue weighted by atomic mass is 19.3. The van der Waals surface area contributed by atoms with Crippen molar-refractivity contribution in [1.82, 2.24) is 0 Å². The molecule has 1 rings (SSSR count). The summed E-state index contributed by atoms with van der Waals surface area (Å²) in [5, 5.41) is 0. The molecule has 1 aromatic rings. The lowest BCUT2D eigenvalue weighted by Crippen LogP contribution is -2.06. The first-order valence-electron chi connectivity index (χ1n) is 4.63. The van der Waals surface area contributed by atoms with Gasteiger partial charge in [-0.05, 0) is 18.6 Å². The maximum atomic E-state index is 12.3. The van der Waals surface area contributed by atoms with E-state index in [0.717, 1.165) is 11.1 Å². The Morgan fingerprint density at radius 2 is 1.87 bits per heavy atom. The predicted molar refractivity (Wildman–Crippen MR) is 59.6 cm³/mol. The standard InChI is InChI=1S/C12H13F2N/c1-9-3-5-10(6-4-9)7-8-11(15-2)12(13)14/h3-8,12H,1-2H3/b8-7+,15-11?. The van der Waals surface area contributed by atoms with Crippen LogP contribution < -0.4 is 0 Å². The van der Waals surface area contributed by atoms with Crippen LogP contribution in [-0.4, -0.2) is 19.2 Å². The summed E-state index contributed by atoms with van der Waals surface area (Å²) in [5.74, 6) is 0. The van der Waals surface area contributed by atoms with E-state index in [1.165, 1.54) is 13.1 Å². The second-order valence-corrected chi connectivity index (χ2v) is 3.19. The van der Waals surface area contributed by atoms with E-state index in [1.807, 2.05) is 31.2 Å². The second-order valence-electron chi connectivity index (χ2n) is 3.19. The molecule has 0 unspecified atom stereocenters. The molecule has 0 aromatic heterocycles. The zero-order valence-corrected chi connectivity index (χ0v) is 8.74. The SMILES string of the molecule is CN=C(/C=C/c1ccc(C)cc1)C(F)F. The number of rotatable bonds is 3. The van der Waals surface area contributed by atoms with Gasteiger partial charge in [0.1, 0.15) is 5.71 Å². The summed E-state index contributed by atoms with van der Waals surface area (Å²) in [5.41, 5.74) is 1.84. The molecule has 0 heterocycles. The van der Waals surface area contributed by atoms with Gasteiger partial charge in [0.25, 0.3) is 6.43 Å². The third-order valence-corrected chi connectivity index (χ3v) is 2.01. The van der Waals surface area contributed by atoms with E-state index in [0.29, 0.717) is 0 Å². The Morgan fingerprint density at radius 3 is 2.33 bits per heavy atom. The van der Waals surface area contributed by atoms with Crippen LogP contribution in [0.1, 0.15) is 11.1 Å². The number of alkyl halides is 2. The highest BCUT2D eigenvalue weighted by Gasteiger charge is 2.07. The van der Waals surface area contributed by atoms with Gasteiger partial charge in [0.15, 0.2) is 0 Å². The maximum Gasteiger partial charge on any atom is 0.279 e. The molecule has 80 valence electrons. The number of hydrogen-bond acceptors (Lipinski definition) is 1. The van der Waals surface area contributed by atoms with Crippen molar-refractivity contribution in [3.05, 3.63) is 41.5 Å². The Hall–Kier alpha value is -1.51. The molecular weight excluding hydrogens is 196 g/mol. The van der Waals surface area contributed by atoms with Gasteiger partial charge in [-0.15, -0.1) is 0 Å². The molecule has 0 bridgehead atoms. The van der Waals surface area contributed by atoms with E-state index in [1.54, 1.807) is 6.08 Å². The summed E-state index contributed by atoms with van der Waals surface area (Å²) in [7, 11) is 1.36. The lowest BCUT2D eigenvalue weighted by Gasteiger charge is -1.98. The molecule has 15 heavy (non-hydrogen) atoms. The largest absolute Gasteiger partial charge is 0.287 e. The smallest absolute Gasteiger partial charge is 0.279 e. The molecular formula is C12H13F2N. The van der Waals surface area contributed by atoms with Crippen LogP contribution in [0.25, 0.3) is 6.08 Å². The van der Waals surface area contributed by atoms with Crippen LogP contribution in [0.15, 0.2) is 35.3 Å². The van der Waals surface area contributed by atoms with Gasteiger partial charge >= 0.3 is 0 Å². The zero-order chi connectivity index (χ0) is 11.3. The monoisotopic (exact) mass is 209 g/mol. The number of hydrogen-bond donors (Lipinski definition) is 0. The summed E-state index contributed by atoms with van der Waals surface area (Å²) >= 11 is 0. The summed E-state index contributed by atoms with van der Waals surface area (Å²) < 4.78 is 24.6. The summed E-state index contributed by atoms with van der Waals surface area (Å²) in [6.45, 7) is 1.98. The number of benzene rings is 1. The average molecular weight is 209 g/mol. The quantitative estimate of drug-likeness (QED) is 0.677. The first-order chi connectivity index (χ1) is 7.13. The third kappa shape index (κ3) is 3.62. The number of nitrogens with zero attached hydrogens (tertiary/aromatic N) is 1. The topological polar surface area (TPSA) is 12.4 Å². The fourth-order valence-corrected chi connectivity index (χ4v) is 1.10. The van der Waals surface area contributed by atoms with Crippen molar-refractivity contribution >= 4 is 11.8 Å². The van der Waals surface area contributed by atoms with Crippen molar-refractivity contribution in [3.8, 4) is 0 Å².